The Kier molecular flexibility index (Phi) is 6.43. The van der Waals surface area contributed by atoms with Crippen molar-refractivity contribution >= 4 is 40.6 Å². The van der Waals surface area contributed by atoms with E-state index in [9.17, 15) is 14.4 Å². The maximum Gasteiger partial charge on any atom is 0.294 e. The SMILES string of the molecule is Cc1cc(/C=C2\SC(=O)N(CC(=O)NC[C@H]3CCCO3)C2=O)ccc1N1CCCC1. The Hall–Kier alpha value is -2.32. The summed E-state index contributed by atoms with van der Waals surface area (Å²) in [5.74, 6) is -0.765. The van der Waals surface area contributed by atoms with Crippen molar-refractivity contribution in [2.24, 2.45) is 0 Å². The fraction of sp³-hybridized carbons (Fsp3) is 0.500. The molecule has 3 heterocycles. The second-order valence-electron chi connectivity index (χ2n) is 7.95. The molecule has 0 aliphatic carbocycles. The smallest absolute Gasteiger partial charge is 0.294 e. The predicted octanol–water partition coefficient (Wildman–Crippen LogP) is 2.93. The highest BCUT2D eigenvalue weighted by atomic mass is 32.2. The number of carbonyl (C=O) groups is 3. The number of benzene rings is 1. The Morgan fingerprint density at radius 3 is 2.77 bits per heavy atom. The number of imide groups is 1. The number of amides is 3. The van der Waals surface area contributed by atoms with Crippen LogP contribution in [0.1, 0.15) is 36.8 Å². The monoisotopic (exact) mass is 429 g/mol. The number of hydrogen-bond donors (Lipinski definition) is 1. The maximum absolute atomic E-state index is 12.7. The van der Waals surface area contributed by atoms with E-state index in [1.54, 1.807) is 6.08 Å². The van der Waals surface area contributed by atoms with Crippen molar-refractivity contribution in [2.45, 2.75) is 38.7 Å². The van der Waals surface area contributed by atoms with E-state index in [2.05, 4.69) is 23.2 Å². The third kappa shape index (κ3) is 4.70. The van der Waals surface area contributed by atoms with Crippen LogP contribution in [-0.4, -0.2) is 60.8 Å². The maximum atomic E-state index is 12.7. The highest BCUT2D eigenvalue weighted by molar-refractivity contribution is 8.18. The number of carbonyl (C=O) groups excluding carboxylic acids is 3. The molecule has 3 aliphatic rings. The number of nitrogens with zero attached hydrogens (tertiary/aromatic N) is 2. The zero-order valence-corrected chi connectivity index (χ0v) is 18.0. The van der Waals surface area contributed by atoms with Crippen LogP contribution >= 0.6 is 11.8 Å². The van der Waals surface area contributed by atoms with Gasteiger partial charge in [0.2, 0.25) is 5.91 Å². The lowest BCUT2D eigenvalue weighted by Crippen LogP contribution is -2.41. The first-order chi connectivity index (χ1) is 14.5. The van der Waals surface area contributed by atoms with Crippen LogP contribution in [0.25, 0.3) is 6.08 Å². The normalized spacial score (nSPS) is 23.1. The highest BCUT2D eigenvalue weighted by Crippen LogP contribution is 2.33. The quantitative estimate of drug-likeness (QED) is 0.701. The molecule has 0 saturated carbocycles. The van der Waals surface area contributed by atoms with Crippen molar-refractivity contribution in [2.75, 3.05) is 37.7 Å². The molecule has 1 aromatic carbocycles. The fourth-order valence-corrected chi connectivity index (χ4v) is 4.94. The molecule has 0 unspecified atom stereocenters. The molecule has 7 nitrogen and oxygen atoms in total. The first-order valence-electron chi connectivity index (χ1n) is 10.5. The number of rotatable bonds is 6. The molecule has 30 heavy (non-hydrogen) atoms. The minimum atomic E-state index is -0.418. The Bertz CT molecular complexity index is 873. The van der Waals surface area contributed by atoms with Crippen LogP contribution in [-0.2, 0) is 14.3 Å². The summed E-state index contributed by atoms with van der Waals surface area (Å²) in [5.41, 5.74) is 3.25. The molecule has 3 amide bonds. The van der Waals surface area contributed by atoms with E-state index in [1.165, 1.54) is 18.5 Å². The van der Waals surface area contributed by atoms with Crippen LogP contribution in [0.15, 0.2) is 23.1 Å². The van der Waals surface area contributed by atoms with Crippen LogP contribution in [0.5, 0.6) is 0 Å². The van der Waals surface area contributed by atoms with Gasteiger partial charge in [0.15, 0.2) is 0 Å². The van der Waals surface area contributed by atoms with Crippen molar-refractivity contribution in [1.82, 2.24) is 10.2 Å². The highest BCUT2D eigenvalue weighted by Gasteiger charge is 2.36. The summed E-state index contributed by atoms with van der Waals surface area (Å²) < 4.78 is 5.47. The third-order valence-electron chi connectivity index (χ3n) is 5.69. The second kappa shape index (κ2) is 9.22. The second-order valence-corrected chi connectivity index (χ2v) is 8.94. The van der Waals surface area contributed by atoms with Gasteiger partial charge in [-0.25, -0.2) is 0 Å². The first-order valence-corrected chi connectivity index (χ1v) is 11.3. The van der Waals surface area contributed by atoms with Gasteiger partial charge in [-0.05, 0) is 73.7 Å². The number of anilines is 1. The van der Waals surface area contributed by atoms with Gasteiger partial charge in [0.05, 0.1) is 11.0 Å². The molecule has 1 aromatic rings. The molecule has 8 heteroatoms. The van der Waals surface area contributed by atoms with Crippen molar-refractivity contribution < 1.29 is 19.1 Å². The molecule has 0 radical (unpaired) electrons. The standard InChI is InChI=1S/C22H27N3O4S/c1-15-11-16(6-7-18(15)24-8-2-3-9-24)12-19-21(27)25(22(28)30-19)14-20(26)23-13-17-5-4-10-29-17/h6-7,11-12,17H,2-5,8-10,13-14H2,1H3,(H,23,26)/b19-12-/t17-/m1/s1. The number of thioether (sulfide) groups is 1. The summed E-state index contributed by atoms with van der Waals surface area (Å²) in [5, 5.41) is 2.34. The Morgan fingerprint density at radius 1 is 1.27 bits per heavy atom. The molecule has 1 N–H and O–H groups in total. The third-order valence-corrected chi connectivity index (χ3v) is 6.60. The lowest BCUT2D eigenvalue weighted by Gasteiger charge is -2.20. The largest absolute Gasteiger partial charge is 0.376 e. The zero-order chi connectivity index (χ0) is 21.1. The van der Waals surface area contributed by atoms with E-state index >= 15 is 0 Å². The topological polar surface area (TPSA) is 79.0 Å². The van der Waals surface area contributed by atoms with Gasteiger partial charge >= 0.3 is 0 Å². The summed E-state index contributed by atoms with van der Waals surface area (Å²) in [7, 11) is 0. The van der Waals surface area contributed by atoms with Crippen LogP contribution in [0.4, 0.5) is 10.5 Å². The summed E-state index contributed by atoms with van der Waals surface area (Å²) >= 11 is 0.881. The van der Waals surface area contributed by atoms with Crippen LogP contribution in [0, 0.1) is 6.92 Å². The average Bonchev–Trinajstić information content (AvgIpc) is 3.47. The van der Waals surface area contributed by atoms with Crippen molar-refractivity contribution in [3.63, 3.8) is 0 Å². The molecule has 1 atom stereocenters. The van der Waals surface area contributed by atoms with Gasteiger partial charge in [-0.15, -0.1) is 0 Å². The minimum absolute atomic E-state index is 0.0236. The van der Waals surface area contributed by atoms with Crippen LogP contribution in [0.2, 0.25) is 0 Å². The Balaban J connectivity index is 1.38. The minimum Gasteiger partial charge on any atom is -0.376 e. The predicted molar refractivity (Wildman–Crippen MR) is 117 cm³/mol. The Morgan fingerprint density at radius 2 is 2.07 bits per heavy atom. The summed E-state index contributed by atoms with van der Waals surface area (Å²) in [6, 6.07) is 6.09. The molecule has 3 fully saturated rings. The van der Waals surface area contributed by atoms with Crippen LogP contribution < -0.4 is 10.2 Å². The molecule has 0 bridgehead atoms. The van der Waals surface area contributed by atoms with E-state index < -0.39 is 11.1 Å². The zero-order valence-electron chi connectivity index (χ0n) is 17.2. The van der Waals surface area contributed by atoms with Gasteiger partial charge in [0, 0.05) is 31.9 Å². The van der Waals surface area contributed by atoms with E-state index in [4.69, 9.17) is 4.74 Å². The number of ether oxygens (including phenoxy) is 1. The summed E-state index contributed by atoms with van der Waals surface area (Å²) in [4.78, 5) is 40.9. The van der Waals surface area contributed by atoms with Crippen molar-refractivity contribution in [3.05, 3.63) is 34.2 Å². The molecule has 3 saturated heterocycles. The number of hydrogen-bond acceptors (Lipinski definition) is 6. The van der Waals surface area contributed by atoms with E-state index in [0.717, 1.165) is 53.7 Å². The molecular weight excluding hydrogens is 402 g/mol. The van der Waals surface area contributed by atoms with E-state index in [1.807, 2.05) is 12.1 Å². The Labute approximate surface area is 180 Å². The van der Waals surface area contributed by atoms with Crippen molar-refractivity contribution in [3.8, 4) is 0 Å². The molecule has 3 aliphatic heterocycles. The molecule has 4 rings (SSSR count). The average molecular weight is 430 g/mol. The lowest BCUT2D eigenvalue weighted by molar-refractivity contribution is -0.129. The van der Waals surface area contributed by atoms with Crippen molar-refractivity contribution in [1.29, 1.82) is 0 Å². The molecule has 0 aromatic heterocycles. The fourth-order valence-electron chi connectivity index (χ4n) is 4.10. The summed E-state index contributed by atoms with van der Waals surface area (Å²) in [6.45, 7) is 5.08. The van der Waals surface area contributed by atoms with Crippen LogP contribution in [0.3, 0.4) is 0 Å². The molecular formula is C22H27N3O4S. The van der Waals surface area contributed by atoms with Gasteiger partial charge in [0.1, 0.15) is 6.54 Å². The van der Waals surface area contributed by atoms with Gasteiger partial charge in [0.25, 0.3) is 11.1 Å². The van der Waals surface area contributed by atoms with E-state index in [0.29, 0.717) is 18.1 Å². The van der Waals surface area contributed by atoms with Gasteiger partial charge in [-0.1, -0.05) is 6.07 Å². The van der Waals surface area contributed by atoms with Gasteiger partial charge in [-0.2, -0.15) is 0 Å². The van der Waals surface area contributed by atoms with Gasteiger partial charge in [-0.3, -0.25) is 19.3 Å². The molecule has 160 valence electrons. The lowest BCUT2D eigenvalue weighted by atomic mass is 10.1. The first kappa shape index (κ1) is 20.9. The number of nitrogens with one attached hydrogen (secondary N) is 1. The summed E-state index contributed by atoms with van der Waals surface area (Å²) in [6.07, 6.45) is 6.10. The van der Waals surface area contributed by atoms with Gasteiger partial charge < -0.3 is 15.0 Å². The molecule has 0 spiro atoms. The number of aryl methyl sites for hydroxylation is 1. The van der Waals surface area contributed by atoms with E-state index in [-0.39, 0.29) is 18.6 Å².